The van der Waals surface area contributed by atoms with Gasteiger partial charge in [-0.2, -0.15) is 0 Å². The lowest BCUT2D eigenvalue weighted by molar-refractivity contribution is -0.122. The van der Waals surface area contributed by atoms with Gasteiger partial charge >= 0.3 is 0 Å². The predicted octanol–water partition coefficient (Wildman–Crippen LogP) is 3.67. The second-order valence-electron chi connectivity index (χ2n) is 7.82. The van der Waals surface area contributed by atoms with Crippen LogP contribution in [0.5, 0.6) is 0 Å². The Bertz CT molecular complexity index is 837. The van der Waals surface area contributed by atoms with Crippen LogP contribution in [-0.4, -0.2) is 21.5 Å². The smallest absolute Gasteiger partial charge is 0.262 e. The van der Waals surface area contributed by atoms with E-state index in [2.05, 4.69) is 24.1 Å². The van der Waals surface area contributed by atoms with E-state index in [4.69, 9.17) is 0 Å². The molecule has 0 saturated heterocycles. The SMILES string of the molecule is CC(C)CCC(C)NC(=O)CCn1cnc2sc3c(c2c1=O)CCCC3. The Morgan fingerprint density at radius 2 is 2.04 bits per heavy atom. The van der Waals surface area contributed by atoms with Gasteiger partial charge in [0.1, 0.15) is 4.83 Å². The maximum Gasteiger partial charge on any atom is 0.262 e. The Balaban J connectivity index is 1.65. The molecule has 2 aromatic rings. The number of aromatic nitrogens is 2. The van der Waals surface area contributed by atoms with E-state index in [-0.39, 0.29) is 17.5 Å². The van der Waals surface area contributed by atoms with Crippen molar-refractivity contribution in [3.63, 3.8) is 0 Å². The van der Waals surface area contributed by atoms with Gasteiger partial charge in [-0.25, -0.2) is 4.98 Å². The molecule has 1 atom stereocenters. The van der Waals surface area contributed by atoms with Gasteiger partial charge in [0.2, 0.25) is 5.91 Å². The Morgan fingerprint density at radius 1 is 1.27 bits per heavy atom. The maximum atomic E-state index is 12.9. The molecule has 26 heavy (non-hydrogen) atoms. The fourth-order valence-corrected chi connectivity index (χ4v) is 4.78. The highest BCUT2D eigenvalue weighted by molar-refractivity contribution is 7.18. The van der Waals surface area contributed by atoms with Crippen LogP contribution in [0.1, 0.15) is 63.3 Å². The molecule has 1 aliphatic carbocycles. The molecule has 6 heteroatoms. The molecule has 0 saturated carbocycles. The van der Waals surface area contributed by atoms with Gasteiger partial charge in [0.15, 0.2) is 0 Å². The van der Waals surface area contributed by atoms with Crippen LogP contribution in [0.2, 0.25) is 0 Å². The first kappa shape index (κ1) is 19.1. The van der Waals surface area contributed by atoms with E-state index in [0.717, 1.165) is 42.3 Å². The predicted molar refractivity (Wildman–Crippen MR) is 107 cm³/mol. The summed E-state index contributed by atoms with van der Waals surface area (Å²) in [6.45, 7) is 6.80. The van der Waals surface area contributed by atoms with Gasteiger partial charge in [0, 0.05) is 23.9 Å². The van der Waals surface area contributed by atoms with Crippen molar-refractivity contribution in [3.05, 3.63) is 27.1 Å². The Kier molecular flexibility index (Phi) is 6.12. The van der Waals surface area contributed by atoms with Gasteiger partial charge < -0.3 is 5.32 Å². The van der Waals surface area contributed by atoms with Crippen molar-refractivity contribution in [2.45, 2.75) is 78.3 Å². The maximum absolute atomic E-state index is 12.9. The number of aryl methyl sites for hydroxylation is 3. The second-order valence-corrected chi connectivity index (χ2v) is 8.91. The number of amides is 1. The normalized spacial score (nSPS) is 15.2. The molecule has 1 N–H and O–H groups in total. The fraction of sp³-hybridized carbons (Fsp3) is 0.650. The van der Waals surface area contributed by atoms with Crippen molar-refractivity contribution in [3.8, 4) is 0 Å². The summed E-state index contributed by atoms with van der Waals surface area (Å²) in [5.74, 6) is 0.642. The second kappa shape index (κ2) is 8.33. The van der Waals surface area contributed by atoms with Crippen LogP contribution in [0.3, 0.4) is 0 Å². The number of thiophene rings is 1. The molecule has 0 radical (unpaired) electrons. The van der Waals surface area contributed by atoms with Crippen molar-refractivity contribution < 1.29 is 4.79 Å². The Morgan fingerprint density at radius 3 is 2.81 bits per heavy atom. The highest BCUT2D eigenvalue weighted by atomic mass is 32.1. The third-order valence-corrected chi connectivity index (χ3v) is 6.31. The highest BCUT2D eigenvalue weighted by Crippen LogP contribution is 2.33. The van der Waals surface area contributed by atoms with Crippen LogP contribution >= 0.6 is 11.3 Å². The van der Waals surface area contributed by atoms with Gasteiger partial charge in [0.25, 0.3) is 5.56 Å². The van der Waals surface area contributed by atoms with E-state index in [9.17, 15) is 9.59 Å². The quantitative estimate of drug-likeness (QED) is 0.803. The van der Waals surface area contributed by atoms with Crippen LogP contribution < -0.4 is 10.9 Å². The van der Waals surface area contributed by atoms with E-state index < -0.39 is 0 Å². The summed E-state index contributed by atoms with van der Waals surface area (Å²) in [6.07, 6.45) is 8.37. The van der Waals surface area contributed by atoms with Gasteiger partial charge in [-0.1, -0.05) is 13.8 Å². The summed E-state index contributed by atoms with van der Waals surface area (Å²) < 4.78 is 1.60. The lowest BCUT2D eigenvalue weighted by Gasteiger charge is -2.15. The van der Waals surface area contributed by atoms with Crippen molar-refractivity contribution in [1.82, 2.24) is 14.9 Å². The van der Waals surface area contributed by atoms with E-state index in [0.29, 0.717) is 18.9 Å². The molecular weight excluding hydrogens is 346 g/mol. The van der Waals surface area contributed by atoms with Crippen molar-refractivity contribution in [2.75, 3.05) is 0 Å². The molecule has 2 aromatic heterocycles. The summed E-state index contributed by atoms with van der Waals surface area (Å²) in [5, 5.41) is 3.82. The average molecular weight is 376 g/mol. The van der Waals surface area contributed by atoms with E-state index >= 15 is 0 Å². The molecule has 1 unspecified atom stereocenters. The lowest BCUT2D eigenvalue weighted by Crippen LogP contribution is -2.34. The molecule has 0 fully saturated rings. The van der Waals surface area contributed by atoms with Crippen LogP contribution in [0.25, 0.3) is 10.2 Å². The average Bonchev–Trinajstić information content (AvgIpc) is 2.98. The minimum Gasteiger partial charge on any atom is -0.354 e. The van der Waals surface area contributed by atoms with E-state index in [1.54, 1.807) is 22.2 Å². The van der Waals surface area contributed by atoms with Gasteiger partial charge in [0.05, 0.1) is 11.7 Å². The summed E-state index contributed by atoms with van der Waals surface area (Å²) in [5.41, 5.74) is 1.21. The third-order valence-electron chi connectivity index (χ3n) is 5.11. The zero-order valence-electron chi connectivity index (χ0n) is 16.0. The van der Waals surface area contributed by atoms with Gasteiger partial charge in [-0.05, 0) is 56.9 Å². The molecule has 0 aromatic carbocycles. The van der Waals surface area contributed by atoms with Gasteiger partial charge in [-0.3, -0.25) is 14.2 Å². The molecule has 1 amide bonds. The first-order valence-electron chi connectivity index (χ1n) is 9.74. The number of nitrogens with one attached hydrogen (secondary N) is 1. The fourth-order valence-electron chi connectivity index (χ4n) is 3.56. The molecular formula is C20H29N3O2S. The Hall–Kier alpha value is -1.69. The summed E-state index contributed by atoms with van der Waals surface area (Å²) in [7, 11) is 0. The monoisotopic (exact) mass is 375 g/mol. The van der Waals surface area contributed by atoms with Crippen molar-refractivity contribution in [1.29, 1.82) is 0 Å². The highest BCUT2D eigenvalue weighted by Gasteiger charge is 2.20. The summed E-state index contributed by atoms with van der Waals surface area (Å²) in [6, 6.07) is 0.172. The van der Waals surface area contributed by atoms with E-state index in [1.807, 2.05) is 6.92 Å². The van der Waals surface area contributed by atoms with Crippen molar-refractivity contribution in [2.24, 2.45) is 5.92 Å². The van der Waals surface area contributed by atoms with E-state index in [1.165, 1.54) is 16.9 Å². The number of hydrogen-bond donors (Lipinski definition) is 1. The number of carbonyl (C=O) groups excluding carboxylic acids is 1. The van der Waals surface area contributed by atoms with Crippen LogP contribution in [0.4, 0.5) is 0 Å². The number of carbonyl (C=O) groups is 1. The number of fused-ring (bicyclic) bond motifs is 3. The molecule has 2 heterocycles. The summed E-state index contributed by atoms with van der Waals surface area (Å²) >= 11 is 1.66. The van der Waals surface area contributed by atoms with Crippen LogP contribution in [0, 0.1) is 5.92 Å². The van der Waals surface area contributed by atoms with Crippen molar-refractivity contribution >= 4 is 27.5 Å². The molecule has 0 aliphatic heterocycles. The minimum atomic E-state index is 0.000556. The molecule has 0 bridgehead atoms. The molecule has 5 nitrogen and oxygen atoms in total. The number of hydrogen-bond acceptors (Lipinski definition) is 4. The minimum absolute atomic E-state index is 0.000556. The van der Waals surface area contributed by atoms with Gasteiger partial charge in [-0.15, -0.1) is 11.3 Å². The first-order valence-corrected chi connectivity index (χ1v) is 10.6. The number of rotatable bonds is 7. The molecule has 3 rings (SSSR count). The zero-order valence-corrected chi connectivity index (χ0v) is 16.8. The standard InChI is InChI=1S/C20H29N3O2S/c1-13(2)8-9-14(3)22-17(24)10-11-23-12-21-19-18(20(23)25)15-6-4-5-7-16(15)26-19/h12-14H,4-11H2,1-3H3,(H,22,24). The number of nitrogens with zero attached hydrogens (tertiary/aromatic N) is 2. The molecule has 1 aliphatic rings. The zero-order chi connectivity index (χ0) is 18.7. The lowest BCUT2D eigenvalue weighted by atomic mass is 9.97. The summed E-state index contributed by atoms with van der Waals surface area (Å²) in [4.78, 5) is 31.7. The molecule has 142 valence electrons. The van der Waals surface area contributed by atoms with Crippen LogP contribution in [-0.2, 0) is 24.2 Å². The van der Waals surface area contributed by atoms with Crippen LogP contribution in [0.15, 0.2) is 11.1 Å². The first-order chi connectivity index (χ1) is 12.5. The molecule has 0 spiro atoms. The topological polar surface area (TPSA) is 64.0 Å². The largest absolute Gasteiger partial charge is 0.354 e. The Labute approximate surface area is 158 Å². The third kappa shape index (κ3) is 4.34.